The average molecular weight is 303 g/mol. The van der Waals surface area contributed by atoms with Crippen LogP contribution in [0.4, 0.5) is 0 Å². The Labute approximate surface area is 131 Å². The zero-order valence-electron chi connectivity index (χ0n) is 13.4. The summed E-state index contributed by atoms with van der Waals surface area (Å²) in [4.78, 5) is 26.5. The van der Waals surface area contributed by atoms with Gasteiger partial charge >= 0.3 is 0 Å². The van der Waals surface area contributed by atoms with Crippen molar-refractivity contribution in [3.63, 3.8) is 0 Å². The Hall–Kier alpha value is -1.62. The number of carbonyl (C=O) groups is 1. The fraction of sp³-hybridized carbons (Fsp3) is 0.647. The summed E-state index contributed by atoms with van der Waals surface area (Å²) in [6.45, 7) is 6.29. The first-order valence-corrected chi connectivity index (χ1v) is 8.19. The van der Waals surface area contributed by atoms with Gasteiger partial charge in [0.1, 0.15) is 0 Å². The molecule has 22 heavy (non-hydrogen) atoms. The summed E-state index contributed by atoms with van der Waals surface area (Å²) in [5, 5.41) is 0. The molecule has 1 aromatic heterocycles. The van der Waals surface area contributed by atoms with E-state index in [4.69, 9.17) is 5.73 Å². The largest absolute Gasteiger partial charge is 0.340 e. The van der Waals surface area contributed by atoms with Crippen LogP contribution in [0.1, 0.15) is 38.3 Å². The molecule has 1 aromatic rings. The van der Waals surface area contributed by atoms with E-state index in [9.17, 15) is 9.59 Å². The fourth-order valence-corrected chi connectivity index (χ4v) is 3.92. The number of pyridine rings is 1. The van der Waals surface area contributed by atoms with E-state index in [1.165, 1.54) is 0 Å². The van der Waals surface area contributed by atoms with Crippen molar-refractivity contribution in [2.24, 2.45) is 17.6 Å². The molecule has 3 atom stereocenters. The molecule has 3 heterocycles. The van der Waals surface area contributed by atoms with Crippen molar-refractivity contribution in [1.29, 1.82) is 0 Å². The summed E-state index contributed by atoms with van der Waals surface area (Å²) in [5.41, 5.74) is 7.21. The van der Waals surface area contributed by atoms with Crippen LogP contribution < -0.4 is 11.3 Å². The molecule has 1 saturated heterocycles. The number of likely N-dealkylation sites (tertiary alicyclic amines) is 1. The lowest BCUT2D eigenvalue weighted by Gasteiger charge is -2.43. The molecule has 1 fully saturated rings. The molecule has 0 aliphatic carbocycles. The lowest BCUT2D eigenvalue weighted by atomic mass is 9.83. The van der Waals surface area contributed by atoms with Gasteiger partial charge in [-0.05, 0) is 30.7 Å². The highest BCUT2D eigenvalue weighted by atomic mass is 16.2. The van der Waals surface area contributed by atoms with E-state index < -0.39 is 6.04 Å². The molecule has 120 valence electrons. The molecule has 0 spiro atoms. The minimum absolute atomic E-state index is 0.0649. The summed E-state index contributed by atoms with van der Waals surface area (Å²) < 4.78 is 1.88. The molecule has 2 bridgehead atoms. The molecule has 1 amide bonds. The van der Waals surface area contributed by atoms with Gasteiger partial charge in [0.15, 0.2) is 0 Å². The highest BCUT2D eigenvalue weighted by Gasteiger charge is 2.37. The highest BCUT2D eigenvalue weighted by Crippen LogP contribution is 2.35. The smallest absolute Gasteiger partial charge is 0.250 e. The van der Waals surface area contributed by atoms with E-state index in [2.05, 4.69) is 13.8 Å². The number of hydrogen-bond donors (Lipinski definition) is 1. The van der Waals surface area contributed by atoms with Gasteiger partial charge in [-0.2, -0.15) is 0 Å². The third-order valence-corrected chi connectivity index (χ3v) is 4.83. The van der Waals surface area contributed by atoms with Gasteiger partial charge in [0, 0.05) is 37.3 Å². The topological polar surface area (TPSA) is 68.3 Å². The van der Waals surface area contributed by atoms with Crippen LogP contribution in [0.5, 0.6) is 0 Å². The highest BCUT2D eigenvalue weighted by molar-refractivity contribution is 5.81. The minimum Gasteiger partial charge on any atom is -0.340 e. The molecule has 2 aliphatic rings. The van der Waals surface area contributed by atoms with E-state index in [1.54, 1.807) is 6.07 Å². The summed E-state index contributed by atoms with van der Waals surface area (Å²) in [7, 11) is 0. The number of amides is 1. The van der Waals surface area contributed by atoms with E-state index in [1.807, 2.05) is 21.6 Å². The van der Waals surface area contributed by atoms with Crippen LogP contribution >= 0.6 is 0 Å². The molecule has 0 aromatic carbocycles. The third-order valence-electron chi connectivity index (χ3n) is 4.83. The van der Waals surface area contributed by atoms with Gasteiger partial charge in [-0.1, -0.05) is 19.9 Å². The van der Waals surface area contributed by atoms with Crippen molar-refractivity contribution in [1.82, 2.24) is 9.47 Å². The van der Waals surface area contributed by atoms with Crippen LogP contribution in [-0.4, -0.2) is 34.5 Å². The van der Waals surface area contributed by atoms with Gasteiger partial charge < -0.3 is 15.2 Å². The van der Waals surface area contributed by atoms with Crippen molar-refractivity contribution in [2.75, 3.05) is 13.1 Å². The first-order valence-electron chi connectivity index (χ1n) is 8.19. The number of hydrogen-bond acceptors (Lipinski definition) is 3. The zero-order chi connectivity index (χ0) is 15.9. The van der Waals surface area contributed by atoms with Gasteiger partial charge in [-0.15, -0.1) is 0 Å². The summed E-state index contributed by atoms with van der Waals surface area (Å²) in [5.74, 6) is 1.11. The monoisotopic (exact) mass is 303 g/mol. The molecule has 0 radical (unpaired) electrons. The maximum absolute atomic E-state index is 12.6. The number of rotatable bonds is 3. The molecule has 2 aliphatic heterocycles. The Balaban J connectivity index is 1.79. The van der Waals surface area contributed by atoms with Crippen molar-refractivity contribution in [3.8, 4) is 0 Å². The van der Waals surface area contributed by atoms with Gasteiger partial charge in [0.2, 0.25) is 5.91 Å². The molecule has 0 unspecified atom stereocenters. The molecular weight excluding hydrogens is 278 g/mol. The number of fused-ring (bicyclic) bond motifs is 4. The van der Waals surface area contributed by atoms with Crippen LogP contribution in [0.15, 0.2) is 23.0 Å². The molecular formula is C17H25N3O2. The summed E-state index contributed by atoms with van der Waals surface area (Å²) in [6, 6.07) is 5.05. The Morgan fingerprint density at radius 2 is 2.09 bits per heavy atom. The fourth-order valence-electron chi connectivity index (χ4n) is 3.92. The second-order valence-corrected chi connectivity index (χ2v) is 7.18. The van der Waals surface area contributed by atoms with Gasteiger partial charge in [-0.3, -0.25) is 9.59 Å². The van der Waals surface area contributed by atoms with Gasteiger partial charge in [0.05, 0.1) is 6.04 Å². The lowest BCUT2D eigenvalue weighted by Crippen LogP contribution is -2.53. The quantitative estimate of drug-likeness (QED) is 0.911. The number of aromatic nitrogens is 1. The van der Waals surface area contributed by atoms with Crippen molar-refractivity contribution >= 4 is 5.91 Å². The maximum Gasteiger partial charge on any atom is 0.250 e. The van der Waals surface area contributed by atoms with Gasteiger partial charge in [-0.25, -0.2) is 0 Å². The predicted octanol–water partition coefficient (Wildman–Crippen LogP) is 1.17. The SMILES string of the molecule is CC(C)C[C@@H](N)C(=O)N1C[C@H]2C[C@@H](C1)c1cccc(=O)n1C2. The number of piperidine rings is 1. The van der Waals surface area contributed by atoms with Crippen LogP contribution in [0.25, 0.3) is 0 Å². The Morgan fingerprint density at radius 1 is 1.32 bits per heavy atom. The maximum atomic E-state index is 12.6. The van der Waals surface area contributed by atoms with E-state index in [0.717, 1.165) is 25.1 Å². The second-order valence-electron chi connectivity index (χ2n) is 7.18. The zero-order valence-corrected chi connectivity index (χ0v) is 13.4. The van der Waals surface area contributed by atoms with Crippen molar-refractivity contribution in [2.45, 2.75) is 45.2 Å². The van der Waals surface area contributed by atoms with Gasteiger partial charge in [0.25, 0.3) is 5.56 Å². The summed E-state index contributed by atoms with van der Waals surface area (Å²) in [6.07, 6.45) is 1.79. The minimum atomic E-state index is -0.406. The van der Waals surface area contributed by atoms with E-state index in [-0.39, 0.29) is 17.4 Å². The Morgan fingerprint density at radius 3 is 2.82 bits per heavy atom. The number of nitrogens with zero attached hydrogens (tertiary/aromatic N) is 2. The Bertz CT molecular complexity index is 623. The van der Waals surface area contributed by atoms with Crippen LogP contribution in [0.2, 0.25) is 0 Å². The van der Waals surface area contributed by atoms with E-state index >= 15 is 0 Å². The van der Waals surface area contributed by atoms with Crippen LogP contribution in [0, 0.1) is 11.8 Å². The molecule has 0 saturated carbocycles. The predicted molar refractivity (Wildman–Crippen MR) is 85.6 cm³/mol. The van der Waals surface area contributed by atoms with E-state index in [0.29, 0.717) is 24.9 Å². The number of carbonyl (C=O) groups excluding carboxylic acids is 1. The van der Waals surface area contributed by atoms with Crippen molar-refractivity contribution in [3.05, 3.63) is 34.2 Å². The first-order chi connectivity index (χ1) is 10.5. The second kappa shape index (κ2) is 5.88. The first kappa shape index (κ1) is 15.3. The van der Waals surface area contributed by atoms with Crippen molar-refractivity contribution < 1.29 is 4.79 Å². The molecule has 5 heteroatoms. The Kier molecular flexibility index (Phi) is 4.08. The normalized spacial score (nSPS) is 25.0. The average Bonchev–Trinajstić information content (AvgIpc) is 2.46. The molecule has 5 nitrogen and oxygen atoms in total. The summed E-state index contributed by atoms with van der Waals surface area (Å²) >= 11 is 0. The number of nitrogens with two attached hydrogens (primary N) is 1. The molecule has 2 N–H and O–H groups in total. The van der Waals surface area contributed by atoms with Crippen LogP contribution in [0.3, 0.4) is 0 Å². The lowest BCUT2D eigenvalue weighted by molar-refractivity contribution is -0.135. The molecule has 3 rings (SSSR count). The van der Waals surface area contributed by atoms with Crippen LogP contribution in [-0.2, 0) is 11.3 Å². The third kappa shape index (κ3) is 2.82. The standard InChI is InChI=1S/C17H25N3O2/c1-11(2)6-14(18)17(22)19-8-12-7-13(10-19)15-4-3-5-16(21)20(15)9-12/h3-5,11-14H,6-10,18H2,1-2H3/t12-,13+,14-/m1/s1.